The highest BCUT2D eigenvalue weighted by atomic mass is 16.5. The highest BCUT2D eigenvalue weighted by molar-refractivity contribution is 5.80. The van der Waals surface area contributed by atoms with E-state index in [-0.39, 0.29) is 5.91 Å². The predicted octanol–water partition coefficient (Wildman–Crippen LogP) is 1.37. The lowest BCUT2D eigenvalue weighted by atomic mass is 9.87. The quantitative estimate of drug-likeness (QED) is 0.452. The van der Waals surface area contributed by atoms with Gasteiger partial charge in [0.05, 0.1) is 6.61 Å². The van der Waals surface area contributed by atoms with Crippen molar-refractivity contribution in [3.8, 4) is 0 Å². The maximum Gasteiger partial charge on any atom is 0.220 e. The zero-order chi connectivity index (χ0) is 16.8. The molecule has 2 heterocycles. The van der Waals surface area contributed by atoms with Gasteiger partial charge in [-0.15, -0.1) is 0 Å². The van der Waals surface area contributed by atoms with E-state index in [9.17, 15) is 4.79 Å². The number of aliphatic imine (C=N–C) groups is 1. The Kier molecular flexibility index (Phi) is 5.98. The molecule has 1 atom stereocenters. The van der Waals surface area contributed by atoms with Gasteiger partial charge in [-0.25, -0.2) is 0 Å². The molecule has 6 nitrogen and oxygen atoms in total. The van der Waals surface area contributed by atoms with Crippen molar-refractivity contribution in [2.45, 2.75) is 44.9 Å². The number of ether oxygens (including phenoxy) is 1. The number of guanidine groups is 1. The Morgan fingerprint density at radius 1 is 1.25 bits per heavy atom. The van der Waals surface area contributed by atoms with E-state index in [1.807, 2.05) is 7.05 Å². The Labute approximate surface area is 145 Å². The molecular formula is C18H32N4O2. The Morgan fingerprint density at radius 3 is 2.75 bits per heavy atom. The zero-order valence-corrected chi connectivity index (χ0v) is 15.0. The van der Waals surface area contributed by atoms with E-state index in [0.717, 1.165) is 45.2 Å². The second-order valence-corrected chi connectivity index (χ2v) is 7.65. The molecule has 1 spiro atoms. The summed E-state index contributed by atoms with van der Waals surface area (Å²) in [5.74, 6) is 1.76. The Morgan fingerprint density at radius 2 is 2.04 bits per heavy atom. The number of nitrogens with zero attached hydrogens (tertiary/aromatic N) is 2. The molecule has 3 aliphatic rings. The molecule has 2 saturated heterocycles. The number of rotatable bonds is 5. The van der Waals surface area contributed by atoms with Crippen LogP contribution in [0.25, 0.3) is 0 Å². The van der Waals surface area contributed by atoms with E-state index in [4.69, 9.17) is 4.74 Å². The van der Waals surface area contributed by atoms with Gasteiger partial charge in [0.15, 0.2) is 5.96 Å². The summed E-state index contributed by atoms with van der Waals surface area (Å²) in [7, 11) is 1.83. The maximum absolute atomic E-state index is 11.9. The Hall–Kier alpha value is -1.30. The highest BCUT2D eigenvalue weighted by Crippen LogP contribution is 2.38. The van der Waals surface area contributed by atoms with Crippen molar-refractivity contribution in [2.24, 2.45) is 16.3 Å². The van der Waals surface area contributed by atoms with Gasteiger partial charge in [-0.3, -0.25) is 9.79 Å². The number of carbonyl (C=O) groups excluding carboxylic acids is 1. The van der Waals surface area contributed by atoms with E-state index >= 15 is 0 Å². The highest BCUT2D eigenvalue weighted by Gasteiger charge is 2.42. The molecule has 2 N–H and O–H groups in total. The van der Waals surface area contributed by atoms with E-state index in [1.165, 1.54) is 32.1 Å². The first-order valence-corrected chi connectivity index (χ1v) is 9.51. The Balaban J connectivity index is 1.33. The van der Waals surface area contributed by atoms with Crippen LogP contribution >= 0.6 is 0 Å². The van der Waals surface area contributed by atoms with Gasteiger partial charge in [-0.2, -0.15) is 0 Å². The normalized spacial score (nSPS) is 28.0. The van der Waals surface area contributed by atoms with Gasteiger partial charge < -0.3 is 20.3 Å². The minimum Gasteiger partial charge on any atom is -0.381 e. The van der Waals surface area contributed by atoms with Crippen LogP contribution in [0.1, 0.15) is 44.9 Å². The number of likely N-dealkylation sites (tertiary alicyclic amines) is 1. The third-order valence-corrected chi connectivity index (χ3v) is 5.81. The molecule has 1 aliphatic carbocycles. The molecule has 1 amide bonds. The van der Waals surface area contributed by atoms with Crippen molar-refractivity contribution in [1.29, 1.82) is 0 Å². The average molecular weight is 336 g/mol. The summed E-state index contributed by atoms with van der Waals surface area (Å²) in [5, 5.41) is 6.42. The molecule has 24 heavy (non-hydrogen) atoms. The number of nitrogens with one attached hydrogen (secondary N) is 2. The molecule has 3 rings (SSSR count). The lowest BCUT2D eigenvalue weighted by Crippen LogP contribution is -2.44. The SMILES string of the molecule is CN=C(NCCNC(=O)CC1CCCC1)N1CCC2(CCOC2)C1. The summed E-state index contributed by atoms with van der Waals surface area (Å²) in [6.45, 7) is 5.23. The summed E-state index contributed by atoms with van der Waals surface area (Å²) >= 11 is 0. The second-order valence-electron chi connectivity index (χ2n) is 7.65. The fraction of sp³-hybridized carbons (Fsp3) is 0.889. The topological polar surface area (TPSA) is 66.0 Å². The first-order chi connectivity index (χ1) is 11.7. The van der Waals surface area contributed by atoms with Crippen LogP contribution < -0.4 is 10.6 Å². The first-order valence-electron chi connectivity index (χ1n) is 9.51. The summed E-state index contributed by atoms with van der Waals surface area (Å²) in [4.78, 5) is 18.7. The van der Waals surface area contributed by atoms with Crippen LogP contribution in [-0.4, -0.2) is 63.2 Å². The van der Waals surface area contributed by atoms with Crippen molar-refractivity contribution in [3.63, 3.8) is 0 Å². The van der Waals surface area contributed by atoms with Crippen molar-refractivity contribution >= 4 is 11.9 Å². The van der Waals surface area contributed by atoms with Gasteiger partial charge in [0.25, 0.3) is 0 Å². The number of amides is 1. The van der Waals surface area contributed by atoms with Crippen LogP contribution in [-0.2, 0) is 9.53 Å². The van der Waals surface area contributed by atoms with Gasteiger partial charge in [0.2, 0.25) is 5.91 Å². The number of hydrogen-bond donors (Lipinski definition) is 2. The van der Waals surface area contributed by atoms with Gasteiger partial charge in [-0.05, 0) is 31.6 Å². The van der Waals surface area contributed by atoms with Gasteiger partial charge >= 0.3 is 0 Å². The van der Waals surface area contributed by atoms with Crippen LogP contribution in [0.4, 0.5) is 0 Å². The van der Waals surface area contributed by atoms with Crippen molar-refractivity contribution in [3.05, 3.63) is 0 Å². The predicted molar refractivity (Wildman–Crippen MR) is 95.0 cm³/mol. The van der Waals surface area contributed by atoms with Gasteiger partial charge in [0.1, 0.15) is 0 Å². The van der Waals surface area contributed by atoms with Crippen LogP contribution in [0.5, 0.6) is 0 Å². The molecule has 6 heteroatoms. The summed E-state index contributed by atoms with van der Waals surface area (Å²) in [5.41, 5.74) is 0.340. The van der Waals surface area contributed by atoms with E-state index in [1.54, 1.807) is 0 Å². The summed E-state index contributed by atoms with van der Waals surface area (Å²) < 4.78 is 5.59. The molecule has 0 aromatic carbocycles. The molecule has 1 unspecified atom stereocenters. The molecular weight excluding hydrogens is 304 g/mol. The van der Waals surface area contributed by atoms with Gasteiger partial charge in [0, 0.05) is 51.7 Å². The third kappa shape index (κ3) is 4.41. The van der Waals surface area contributed by atoms with Crippen molar-refractivity contribution < 1.29 is 9.53 Å². The van der Waals surface area contributed by atoms with Gasteiger partial charge in [-0.1, -0.05) is 12.8 Å². The van der Waals surface area contributed by atoms with Crippen molar-refractivity contribution in [2.75, 3.05) is 46.4 Å². The third-order valence-electron chi connectivity index (χ3n) is 5.81. The van der Waals surface area contributed by atoms with Crippen LogP contribution in [0.3, 0.4) is 0 Å². The zero-order valence-electron chi connectivity index (χ0n) is 15.0. The van der Waals surface area contributed by atoms with E-state index in [0.29, 0.717) is 24.3 Å². The minimum atomic E-state index is 0.196. The molecule has 2 aliphatic heterocycles. The summed E-state index contributed by atoms with van der Waals surface area (Å²) in [6.07, 6.45) is 8.07. The molecule has 0 bridgehead atoms. The number of carbonyl (C=O) groups is 1. The van der Waals surface area contributed by atoms with E-state index in [2.05, 4.69) is 20.5 Å². The van der Waals surface area contributed by atoms with Crippen molar-refractivity contribution in [1.82, 2.24) is 15.5 Å². The fourth-order valence-corrected chi connectivity index (χ4v) is 4.34. The smallest absolute Gasteiger partial charge is 0.220 e. The first kappa shape index (κ1) is 17.5. The molecule has 3 fully saturated rings. The number of hydrogen-bond acceptors (Lipinski definition) is 3. The summed E-state index contributed by atoms with van der Waals surface area (Å²) in [6, 6.07) is 0. The second kappa shape index (κ2) is 8.19. The fourth-order valence-electron chi connectivity index (χ4n) is 4.34. The lowest BCUT2D eigenvalue weighted by Gasteiger charge is -2.25. The molecule has 0 aromatic rings. The molecule has 0 aromatic heterocycles. The molecule has 1 saturated carbocycles. The van der Waals surface area contributed by atoms with Crippen LogP contribution in [0, 0.1) is 11.3 Å². The maximum atomic E-state index is 11.9. The molecule has 0 radical (unpaired) electrons. The lowest BCUT2D eigenvalue weighted by molar-refractivity contribution is -0.121. The minimum absolute atomic E-state index is 0.196. The largest absolute Gasteiger partial charge is 0.381 e. The standard InChI is InChI=1S/C18H32N4O2/c1-19-17(22-10-6-18(13-22)7-11-24-14-18)21-9-8-20-16(23)12-15-4-2-3-5-15/h15H,2-14H2,1H3,(H,19,21)(H,20,23). The Bertz CT molecular complexity index is 454. The van der Waals surface area contributed by atoms with Crippen LogP contribution in [0.2, 0.25) is 0 Å². The average Bonchev–Trinajstić information content (AvgIpc) is 3.32. The molecule has 136 valence electrons. The van der Waals surface area contributed by atoms with Crippen LogP contribution in [0.15, 0.2) is 4.99 Å². The monoisotopic (exact) mass is 336 g/mol. The van der Waals surface area contributed by atoms with E-state index < -0.39 is 0 Å².